The summed E-state index contributed by atoms with van der Waals surface area (Å²) in [4.78, 5) is 23.4. The molecular weight excluding hydrogens is 408 g/mol. The molecule has 8 unspecified atom stereocenters. The minimum absolute atomic E-state index is 0.513. The van der Waals surface area contributed by atoms with E-state index in [1.54, 1.807) is 0 Å². The predicted octanol–water partition coefficient (Wildman–Crippen LogP) is -7.39. The zero-order valence-electron chi connectivity index (χ0n) is 15.1. The number of aliphatic hydroxyl groups excluding tert-OH is 10. The third-order valence-corrected chi connectivity index (χ3v) is 3.57. The van der Waals surface area contributed by atoms with Gasteiger partial charge in [-0.2, -0.15) is 0 Å². The Hall–Kier alpha value is -1.50. The maximum atomic E-state index is 11.7. The van der Waals surface area contributed by atoms with E-state index in [1.807, 2.05) is 0 Å². The number of hydrogen-bond donors (Lipinski definition) is 11. The van der Waals surface area contributed by atoms with Gasteiger partial charge < -0.3 is 65.6 Å². The lowest BCUT2D eigenvalue weighted by atomic mass is 10.0. The van der Waals surface area contributed by atoms with Gasteiger partial charge in [-0.3, -0.25) is 0 Å². The molecular formula is C14H26O15. The van der Waals surface area contributed by atoms with Gasteiger partial charge in [0, 0.05) is 6.92 Å². The smallest absolute Gasteiger partial charge is 0.370 e. The van der Waals surface area contributed by atoms with Crippen LogP contribution in [0.1, 0.15) is 6.92 Å². The van der Waals surface area contributed by atoms with Gasteiger partial charge in [-0.05, 0) is 0 Å². The minimum atomic E-state index is -3.20. The van der Waals surface area contributed by atoms with Gasteiger partial charge in [0.2, 0.25) is 0 Å². The van der Waals surface area contributed by atoms with Crippen LogP contribution in [-0.4, -0.2) is 136 Å². The summed E-state index contributed by atoms with van der Waals surface area (Å²) in [5, 5.41) is 102. The number of rotatable bonds is 12. The minimum Gasteiger partial charge on any atom is -0.396 e. The maximum absolute atomic E-state index is 11.7. The van der Waals surface area contributed by atoms with Crippen molar-refractivity contribution in [1.29, 1.82) is 0 Å². The van der Waals surface area contributed by atoms with Gasteiger partial charge in [0.15, 0.2) is 12.2 Å². The van der Waals surface area contributed by atoms with E-state index < -0.39 is 80.0 Å². The molecule has 0 aliphatic heterocycles. The molecule has 0 saturated heterocycles. The van der Waals surface area contributed by atoms with Crippen LogP contribution in [-0.2, 0) is 19.1 Å². The summed E-state index contributed by atoms with van der Waals surface area (Å²) in [6.45, 7) is -1.56. The van der Waals surface area contributed by atoms with Crippen LogP contribution in [0, 0.1) is 0 Å². The molecule has 11 N–H and O–H groups in total. The second-order valence-electron chi connectivity index (χ2n) is 6.09. The summed E-state index contributed by atoms with van der Waals surface area (Å²) in [7, 11) is 0. The Balaban J connectivity index is 4.96. The number of hydrogen-bond acceptors (Lipinski definition) is 15. The van der Waals surface area contributed by atoms with Crippen molar-refractivity contribution < 1.29 is 75.2 Å². The van der Waals surface area contributed by atoms with Gasteiger partial charge >= 0.3 is 17.9 Å². The van der Waals surface area contributed by atoms with Crippen LogP contribution >= 0.6 is 0 Å². The van der Waals surface area contributed by atoms with Crippen molar-refractivity contribution in [2.45, 2.75) is 61.7 Å². The molecule has 29 heavy (non-hydrogen) atoms. The van der Waals surface area contributed by atoms with Crippen LogP contribution in [0.3, 0.4) is 0 Å². The molecule has 0 spiro atoms. The average Bonchev–Trinajstić information content (AvgIpc) is 2.67. The van der Waals surface area contributed by atoms with Crippen LogP contribution in [0.5, 0.6) is 0 Å². The highest BCUT2D eigenvalue weighted by Gasteiger charge is 2.42. The van der Waals surface area contributed by atoms with E-state index in [9.17, 15) is 45.3 Å². The van der Waals surface area contributed by atoms with Gasteiger partial charge in [0.25, 0.3) is 0 Å². The van der Waals surface area contributed by atoms with Crippen LogP contribution in [0.2, 0.25) is 0 Å². The summed E-state index contributed by atoms with van der Waals surface area (Å²) >= 11 is 0. The predicted molar refractivity (Wildman–Crippen MR) is 85.0 cm³/mol. The number of ether oxygens (including phenoxy) is 2. The van der Waals surface area contributed by atoms with Crippen molar-refractivity contribution in [3.63, 3.8) is 0 Å². The number of carbonyl (C=O) groups excluding carboxylic acids is 2. The quantitative estimate of drug-likeness (QED) is 0.100. The monoisotopic (exact) mass is 434 g/mol. The largest absolute Gasteiger partial charge is 0.396 e. The van der Waals surface area contributed by atoms with E-state index in [4.69, 9.17) is 20.4 Å². The standard InChI is InChI=1S/C14H26O15/c1-14(27,28-12(25)10(23)8(21)6(19)4(17)2-15)29-13(26)11(24)9(22)7(20)5(18)3-16/h4-11,15-24,27H,2-3H2,1H3. The van der Waals surface area contributed by atoms with Gasteiger partial charge in [-0.1, -0.05) is 0 Å². The summed E-state index contributed by atoms with van der Waals surface area (Å²) < 4.78 is 8.36. The first-order valence-corrected chi connectivity index (χ1v) is 8.04. The summed E-state index contributed by atoms with van der Waals surface area (Å²) in [5.74, 6) is -6.94. The third-order valence-electron chi connectivity index (χ3n) is 3.57. The second kappa shape index (κ2) is 11.6. The lowest BCUT2D eigenvalue weighted by Gasteiger charge is -2.29. The Morgan fingerprint density at radius 3 is 1.21 bits per heavy atom. The molecule has 0 aliphatic carbocycles. The molecule has 15 nitrogen and oxygen atoms in total. The van der Waals surface area contributed by atoms with E-state index >= 15 is 0 Å². The number of aliphatic hydroxyl groups is 11. The van der Waals surface area contributed by atoms with E-state index in [0.717, 1.165) is 0 Å². The van der Waals surface area contributed by atoms with Crippen LogP contribution in [0.4, 0.5) is 0 Å². The summed E-state index contributed by atoms with van der Waals surface area (Å²) in [6, 6.07) is 0. The van der Waals surface area contributed by atoms with E-state index in [1.165, 1.54) is 0 Å². The molecule has 0 rings (SSSR count). The third kappa shape index (κ3) is 8.03. The van der Waals surface area contributed by atoms with Gasteiger partial charge in [0.1, 0.15) is 36.6 Å². The summed E-state index contributed by atoms with van der Waals surface area (Å²) in [5.41, 5.74) is 0. The SMILES string of the molecule is CC(O)(OC(=O)C(O)C(O)C(O)C(O)CO)OC(=O)C(O)C(O)C(O)C(O)CO. The van der Waals surface area contributed by atoms with Crippen LogP contribution < -0.4 is 0 Å². The average molecular weight is 434 g/mol. The Bertz CT molecular complexity index is 481. The fourth-order valence-electron chi connectivity index (χ4n) is 1.84. The fourth-order valence-corrected chi connectivity index (χ4v) is 1.84. The molecule has 8 atom stereocenters. The maximum Gasteiger partial charge on any atom is 0.370 e. The first-order chi connectivity index (χ1) is 13.2. The molecule has 0 aromatic carbocycles. The van der Waals surface area contributed by atoms with Crippen molar-refractivity contribution in [2.24, 2.45) is 0 Å². The van der Waals surface area contributed by atoms with E-state index in [0.29, 0.717) is 6.92 Å². The highest BCUT2D eigenvalue weighted by molar-refractivity contribution is 5.77. The molecule has 0 aromatic heterocycles. The zero-order valence-corrected chi connectivity index (χ0v) is 15.1. The fraction of sp³-hybridized carbons (Fsp3) is 0.857. The molecule has 0 aromatic rings. The Morgan fingerprint density at radius 1 is 0.690 bits per heavy atom. The highest BCUT2D eigenvalue weighted by atomic mass is 16.8. The number of carbonyl (C=O) groups is 2. The molecule has 0 saturated carbocycles. The molecule has 0 fully saturated rings. The van der Waals surface area contributed by atoms with Gasteiger partial charge in [-0.15, -0.1) is 0 Å². The van der Waals surface area contributed by atoms with Crippen molar-refractivity contribution in [3.05, 3.63) is 0 Å². The molecule has 15 heteroatoms. The van der Waals surface area contributed by atoms with Crippen molar-refractivity contribution in [1.82, 2.24) is 0 Å². The normalized spacial score (nSPS) is 22.2. The summed E-state index contributed by atoms with van der Waals surface area (Å²) in [6.07, 6.45) is -18.2. The molecule has 0 radical (unpaired) electrons. The molecule has 172 valence electrons. The van der Waals surface area contributed by atoms with Crippen LogP contribution in [0.15, 0.2) is 0 Å². The van der Waals surface area contributed by atoms with E-state index in [2.05, 4.69) is 9.47 Å². The number of esters is 2. The highest BCUT2D eigenvalue weighted by Crippen LogP contribution is 2.16. The van der Waals surface area contributed by atoms with E-state index in [-0.39, 0.29) is 0 Å². The van der Waals surface area contributed by atoms with Crippen molar-refractivity contribution >= 4 is 11.9 Å². The van der Waals surface area contributed by atoms with Crippen molar-refractivity contribution in [3.8, 4) is 0 Å². The molecule has 0 bridgehead atoms. The first-order valence-electron chi connectivity index (χ1n) is 8.04. The molecule has 0 aliphatic rings. The zero-order chi connectivity index (χ0) is 23.1. The van der Waals surface area contributed by atoms with Gasteiger partial charge in [0.05, 0.1) is 13.2 Å². The Morgan fingerprint density at radius 2 is 0.966 bits per heavy atom. The lowest BCUT2D eigenvalue weighted by molar-refractivity contribution is -0.322. The second-order valence-corrected chi connectivity index (χ2v) is 6.09. The first kappa shape index (κ1) is 27.5. The Kier molecular flexibility index (Phi) is 11.0. The molecule has 0 amide bonds. The van der Waals surface area contributed by atoms with Gasteiger partial charge in [-0.25, -0.2) is 9.59 Å². The topological polar surface area (TPSA) is 275 Å². The molecule has 0 heterocycles. The lowest BCUT2D eigenvalue weighted by Crippen LogP contribution is -2.53. The van der Waals surface area contributed by atoms with Crippen molar-refractivity contribution in [2.75, 3.05) is 13.2 Å². The van der Waals surface area contributed by atoms with Crippen LogP contribution in [0.25, 0.3) is 0 Å². The Labute approximate surface area is 163 Å².